The van der Waals surface area contributed by atoms with Crippen molar-refractivity contribution in [2.24, 2.45) is 0 Å². The molecule has 1 amide bonds. The molecule has 0 saturated carbocycles. The summed E-state index contributed by atoms with van der Waals surface area (Å²) in [7, 11) is 0. The van der Waals surface area contributed by atoms with Crippen molar-refractivity contribution in [2.75, 3.05) is 0 Å². The van der Waals surface area contributed by atoms with Gasteiger partial charge in [0.2, 0.25) is 0 Å². The summed E-state index contributed by atoms with van der Waals surface area (Å²) < 4.78 is 13.7. The second kappa shape index (κ2) is 6.99. The maximum Gasteiger partial charge on any atom is 0.253 e. The minimum atomic E-state index is -1.25. The van der Waals surface area contributed by atoms with Crippen LogP contribution in [-0.2, 0) is 17.8 Å². The highest BCUT2D eigenvalue weighted by Gasteiger charge is 2.17. The van der Waals surface area contributed by atoms with Crippen molar-refractivity contribution in [3.05, 3.63) is 71.0 Å². The second-order valence-corrected chi connectivity index (χ2v) is 4.81. The molecule has 4 heteroatoms. The van der Waals surface area contributed by atoms with Gasteiger partial charge in [0.1, 0.15) is 5.82 Å². The van der Waals surface area contributed by atoms with E-state index in [9.17, 15) is 14.3 Å². The fourth-order valence-electron chi connectivity index (χ4n) is 2.05. The topological polar surface area (TPSA) is 49.3 Å². The summed E-state index contributed by atoms with van der Waals surface area (Å²) in [5.74, 6) is -0.899. The number of amides is 1. The molecule has 0 spiro atoms. The molecule has 0 heterocycles. The number of hydrogen-bond donors (Lipinski definition) is 2. The summed E-state index contributed by atoms with van der Waals surface area (Å²) >= 11 is 0. The molecular weight excluding hydrogens is 269 g/mol. The number of carbonyl (C=O) groups excluding carboxylic acids is 1. The second-order valence-electron chi connectivity index (χ2n) is 4.81. The van der Waals surface area contributed by atoms with Gasteiger partial charge in [-0.15, -0.1) is 0 Å². The van der Waals surface area contributed by atoms with E-state index in [0.29, 0.717) is 11.1 Å². The summed E-state index contributed by atoms with van der Waals surface area (Å²) in [6.07, 6.45) is -0.447. The smallest absolute Gasteiger partial charge is 0.253 e. The summed E-state index contributed by atoms with van der Waals surface area (Å²) in [6, 6.07) is 13.5. The van der Waals surface area contributed by atoms with E-state index < -0.39 is 12.0 Å². The van der Waals surface area contributed by atoms with Crippen molar-refractivity contribution in [1.82, 2.24) is 5.32 Å². The molecule has 0 aliphatic rings. The lowest BCUT2D eigenvalue weighted by Crippen LogP contribution is -2.29. The van der Waals surface area contributed by atoms with Crippen molar-refractivity contribution >= 4 is 5.91 Å². The molecule has 0 bridgehead atoms. The van der Waals surface area contributed by atoms with Crippen molar-refractivity contribution in [2.45, 2.75) is 26.0 Å². The Balaban J connectivity index is 2.01. The number of aliphatic hydroxyl groups excluding tert-OH is 1. The van der Waals surface area contributed by atoms with E-state index in [1.165, 1.54) is 6.07 Å². The van der Waals surface area contributed by atoms with Crippen LogP contribution in [0, 0.1) is 5.82 Å². The zero-order valence-electron chi connectivity index (χ0n) is 11.8. The zero-order chi connectivity index (χ0) is 15.2. The number of carbonyl (C=O) groups is 1. The highest BCUT2D eigenvalue weighted by Crippen LogP contribution is 2.14. The van der Waals surface area contributed by atoms with Gasteiger partial charge < -0.3 is 10.4 Å². The molecule has 0 aliphatic heterocycles. The Morgan fingerprint density at radius 2 is 1.95 bits per heavy atom. The van der Waals surface area contributed by atoms with Crippen LogP contribution in [-0.4, -0.2) is 11.0 Å². The minimum Gasteiger partial charge on any atom is -0.378 e. The van der Waals surface area contributed by atoms with Crippen LogP contribution >= 0.6 is 0 Å². The van der Waals surface area contributed by atoms with Gasteiger partial charge in [0, 0.05) is 12.1 Å². The van der Waals surface area contributed by atoms with E-state index >= 15 is 0 Å². The molecule has 3 nitrogen and oxygen atoms in total. The first-order valence-electron chi connectivity index (χ1n) is 6.90. The van der Waals surface area contributed by atoms with Crippen molar-refractivity contribution in [3.63, 3.8) is 0 Å². The first kappa shape index (κ1) is 15.2. The summed E-state index contributed by atoms with van der Waals surface area (Å²) in [5.41, 5.74) is 1.94. The molecular formula is C17H18FNO2. The normalized spacial score (nSPS) is 12.0. The summed E-state index contributed by atoms with van der Waals surface area (Å²) in [4.78, 5) is 11.9. The van der Waals surface area contributed by atoms with E-state index in [1.54, 1.807) is 42.5 Å². The number of benzene rings is 2. The molecule has 1 atom stereocenters. The van der Waals surface area contributed by atoms with Crippen LogP contribution in [0.25, 0.3) is 0 Å². The van der Waals surface area contributed by atoms with Gasteiger partial charge in [0.05, 0.1) is 0 Å². The molecule has 1 unspecified atom stereocenters. The molecule has 21 heavy (non-hydrogen) atoms. The number of hydrogen-bond acceptors (Lipinski definition) is 2. The van der Waals surface area contributed by atoms with Crippen LogP contribution in [0.1, 0.15) is 29.7 Å². The molecule has 110 valence electrons. The van der Waals surface area contributed by atoms with Crippen LogP contribution in [0.15, 0.2) is 48.5 Å². The third kappa shape index (κ3) is 3.89. The lowest BCUT2D eigenvalue weighted by atomic mass is 10.1. The SMILES string of the molecule is CCc1ccc(F)c(CNC(=O)C(O)c2ccccc2)c1. The third-order valence-electron chi connectivity index (χ3n) is 3.34. The maximum atomic E-state index is 13.7. The van der Waals surface area contributed by atoms with E-state index in [-0.39, 0.29) is 12.4 Å². The van der Waals surface area contributed by atoms with E-state index in [1.807, 2.05) is 6.92 Å². The Bertz CT molecular complexity index is 613. The van der Waals surface area contributed by atoms with Gasteiger partial charge in [0.25, 0.3) is 5.91 Å². The molecule has 0 fully saturated rings. The van der Waals surface area contributed by atoms with Gasteiger partial charge in [-0.3, -0.25) is 4.79 Å². The minimum absolute atomic E-state index is 0.0579. The molecule has 0 aliphatic carbocycles. The quantitative estimate of drug-likeness (QED) is 0.888. The monoisotopic (exact) mass is 287 g/mol. The van der Waals surface area contributed by atoms with Crippen LogP contribution in [0.2, 0.25) is 0 Å². The Morgan fingerprint density at radius 3 is 2.62 bits per heavy atom. The molecule has 0 radical (unpaired) electrons. The Kier molecular flexibility index (Phi) is 5.06. The number of halogens is 1. The van der Waals surface area contributed by atoms with Crippen molar-refractivity contribution in [1.29, 1.82) is 0 Å². The Labute approximate surface area is 123 Å². The van der Waals surface area contributed by atoms with Gasteiger partial charge in [-0.2, -0.15) is 0 Å². The van der Waals surface area contributed by atoms with Gasteiger partial charge >= 0.3 is 0 Å². The van der Waals surface area contributed by atoms with Crippen LogP contribution in [0.3, 0.4) is 0 Å². The molecule has 0 aromatic heterocycles. The molecule has 2 rings (SSSR count). The van der Waals surface area contributed by atoms with Gasteiger partial charge in [0.15, 0.2) is 6.10 Å². The highest BCUT2D eigenvalue weighted by molar-refractivity contribution is 5.81. The standard InChI is InChI=1S/C17H18FNO2/c1-2-12-8-9-15(18)14(10-12)11-19-17(21)16(20)13-6-4-3-5-7-13/h3-10,16,20H,2,11H2,1H3,(H,19,21). The lowest BCUT2D eigenvalue weighted by Gasteiger charge is -2.12. The van der Waals surface area contributed by atoms with Gasteiger partial charge in [-0.05, 0) is 23.6 Å². The van der Waals surface area contributed by atoms with Crippen LogP contribution in [0.4, 0.5) is 4.39 Å². The molecule has 2 N–H and O–H groups in total. The predicted molar refractivity (Wildman–Crippen MR) is 79.0 cm³/mol. The van der Waals surface area contributed by atoms with E-state index in [4.69, 9.17) is 0 Å². The molecule has 2 aromatic rings. The third-order valence-corrected chi connectivity index (χ3v) is 3.34. The number of aryl methyl sites for hydroxylation is 1. The van der Waals surface area contributed by atoms with Crippen LogP contribution in [0.5, 0.6) is 0 Å². The maximum absolute atomic E-state index is 13.7. The predicted octanol–water partition coefficient (Wildman–Crippen LogP) is 2.74. The number of aliphatic hydroxyl groups is 1. The Hall–Kier alpha value is -2.20. The Morgan fingerprint density at radius 1 is 1.24 bits per heavy atom. The lowest BCUT2D eigenvalue weighted by molar-refractivity contribution is -0.129. The van der Waals surface area contributed by atoms with E-state index in [0.717, 1.165) is 12.0 Å². The fraction of sp³-hybridized carbons (Fsp3) is 0.235. The molecule has 2 aromatic carbocycles. The van der Waals surface area contributed by atoms with E-state index in [2.05, 4.69) is 5.32 Å². The number of rotatable bonds is 5. The largest absolute Gasteiger partial charge is 0.378 e. The summed E-state index contributed by atoms with van der Waals surface area (Å²) in [6.45, 7) is 2.04. The first-order chi connectivity index (χ1) is 10.1. The van der Waals surface area contributed by atoms with Gasteiger partial charge in [-0.25, -0.2) is 4.39 Å². The number of nitrogens with one attached hydrogen (secondary N) is 1. The zero-order valence-corrected chi connectivity index (χ0v) is 11.8. The summed E-state index contributed by atoms with van der Waals surface area (Å²) in [5, 5.41) is 12.5. The average Bonchev–Trinajstić information content (AvgIpc) is 2.54. The molecule has 0 saturated heterocycles. The van der Waals surface area contributed by atoms with Crippen molar-refractivity contribution in [3.8, 4) is 0 Å². The van der Waals surface area contributed by atoms with Crippen molar-refractivity contribution < 1.29 is 14.3 Å². The first-order valence-corrected chi connectivity index (χ1v) is 6.90. The van der Waals surface area contributed by atoms with Crippen LogP contribution < -0.4 is 5.32 Å². The van der Waals surface area contributed by atoms with Gasteiger partial charge in [-0.1, -0.05) is 49.4 Å². The highest BCUT2D eigenvalue weighted by atomic mass is 19.1. The fourth-order valence-corrected chi connectivity index (χ4v) is 2.05. The average molecular weight is 287 g/mol.